The molecule has 1 heterocycles. The Morgan fingerprint density at radius 1 is 1.39 bits per heavy atom. The summed E-state index contributed by atoms with van der Waals surface area (Å²) in [5.41, 5.74) is 0.643. The number of carboxylic acid groups (broad SMARTS) is 1. The summed E-state index contributed by atoms with van der Waals surface area (Å²) in [6.07, 6.45) is 0.460. The van der Waals surface area contributed by atoms with Crippen LogP contribution in [0.25, 0.3) is 0 Å². The molecule has 0 aromatic heterocycles. The second-order valence-electron chi connectivity index (χ2n) is 4.31. The first-order chi connectivity index (χ1) is 8.54. The molecule has 0 radical (unpaired) electrons. The van der Waals surface area contributed by atoms with Crippen LogP contribution in [-0.2, 0) is 4.79 Å². The molecule has 18 heavy (non-hydrogen) atoms. The summed E-state index contributed by atoms with van der Waals surface area (Å²) >= 11 is 3.22. The van der Waals surface area contributed by atoms with Crippen molar-refractivity contribution in [3.05, 3.63) is 28.2 Å². The van der Waals surface area contributed by atoms with Gasteiger partial charge in [-0.25, -0.2) is 4.79 Å². The maximum absolute atomic E-state index is 11.7. The van der Waals surface area contributed by atoms with E-state index in [0.29, 0.717) is 22.5 Å². The maximum Gasteiger partial charge on any atom is 0.335 e. The van der Waals surface area contributed by atoms with Crippen molar-refractivity contribution >= 4 is 33.5 Å². The lowest BCUT2D eigenvalue weighted by atomic mass is 9.99. The Labute approximate surface area is 113 Å². The van der Waals surface area contributed by atoms with Crippen molar-refractivity contribution < 1.29 is 14.7 Å². The summed E-state index contributed by atoms with van der Waals surface area (Å²) in [6.45, 7) is 1.73. The zero-order valence-corrected chi connectivity index (χ0v) is 11.2. The van der Waals surface area contributed by atoms with Gasteiger partial charge in [0.05, 0.1) is 5.56 Å². The van der Waals surface area contributed by atoms with Gasteiger partial charge in [0.2, 0.25) is 5.91 Å². The van der Waals surface area contributed by atoms with Crippen LogP contribution < -0.4 is 10.6 Å². The molecule has 1 aliphatic rings. The second-order valence-corrected chi connectivity index (χ2v) is 5.23. The number of amides is 1. The minimum atomic E-state index is -1.02. The second kappa shape index (κ2) is 5.49. The summed E-state index contributed by atoms with van der Waals surface area (Å²) < 4.78 is 0.628. The van der Waals surface area contributed by atoms with Crippen molar-refractivity contribution in [2.45, 2.75) is 6.42 Å². The zero-order valence-electron chi connectivity index (χ0n) is 9.57. The van der Waals surface area contributed by atoms with Crippen LogP contribution in [0.3, 0.4) is 0 Å². The smallest absolute Gasteiger partial charge is 0.335 e. The first-order valence-electron chi connectivity index (χ1n) is 5.59. The van der Waals surface area contributed by atoms with Gasteiger partial charge in [0.15, 0.2) is 0 Å². The number of halogens is 1. The lowest BCUT2D eigenvalue weighted by Gasteiger charge is -2.26. The molecule has 2 rings (SSSR count). The fourth-order valence-electron chi connectivity index (χ4n) is 1.75. The van der Waals surface area contributed by atoms with Gasteiger partial charge in [-0.1, -0.05) is 15.9 Å². The van der Waals surface area contributed by atoms with Gasteiger partial charge in [-0.15, -0.1) is 0 Å². The van der Waals surface area contributed by atoms with Crippen molar-refractivity contribution in [2.24, 2.45) is 5.92 Å². The Kier molecular flexibility index (Phi) is 3.98. The van der Waals surface area contributed by atoms with E-state index < -0.39 is 5.97 Å². The van der Waals surface area contributed by atoms with Crippen molar-refractivity contribution in [1.82, 2.24) is 5.32 Å². The van der Waals surface area contributed by atoms with E-state index in [4.69, 9.17) is 5.11 Å². The normalized spacial score (nSPS) is 14.9. The maximum atomic E-state index is 11.7. The summed E-state index contributed by atoms with van der Waals surface area (Å²) in [7, 11) is 0. The zero-order chi connectivity index (χ0) is 13.1. The third-order valence-electron chi connectivity index (χ3n) is 2.77. The number of carbonyl (C=O) groups is 2. The van der Waals surface area contributed by atoms with E-state index in [1.54, 1.807) is 6.07 Å². The van der Waals surface area contributed by atoms with E-state index >= 15 is 0 Å². The van der Waals surface area contributed by atoms with Crippen molar-refractivity contribution in [3.63, 3.8) is 0 Å². The third-order valence-corrected chi connectivity index (χ3v) is 3.23. The Bertz CT molecular complexity index is 486. The van der Waals surface area contributed by atoms with Crippen LogP contribution in [0.15, 0.2) is 22.7 Å². The van der Waals surface area contributed by atoms with Gasteiger partial charge in [-0.3, -0.25) is 4.79 Å². The Morgan fingerprint density at radius 2 is 2.11 bits per heavy atom. The molecule has 0 unspecified atom stereocenters. The largest absolute Gasteiger partial charge is 0.478 e. The molecule has 0 saturated carbocycles. The van der Waals surface area contributed by atoms with Crippen LogP contribution in [-0.4, -0.2) is 30.1 Å². The molecule has 0 spiro atoms. The van der Waals surface area contributed by atoms with Crippen LogP contribution in [0.5, 0.6) is 0 Å². The average molecular weight is 313 g/mol. The van der Waals surface area contributed by atoms with E-state index in [1.165, 1.54) is 12.1 Å². The van der Waals surface area contributed by atoms with Gasteiger partial charge in [-0.2, -0.15) is 0 Å². The molecule has 1 fully saturated rings. The van der Waals surface area contributed by atoms with Gasteiger partial charge in [0, 0.05) is 16.6 Å². The molecular weight excluding hydrogens is 300 g/mol. The number of aromatic carboxylic acids is 1. The van der Waals surface area contributed by atoms with Crippen LogP contribution in [0, 0.1) is 5.92 Å². The summed E-state index contributed by atoms with van der Waals surface area (Å²) in [4.78, 5) is 22.6. The molecule has 1 aromatic carbocycles. The molecule has 6 heteroatoms. The Morgan fingerprint density at radius 3 is 2.67 bits per heavy atom. The lowest BCUT2D eigenvalue weighted by molar-refractivity contribution is -0.117. The number of anilines is 1. The number of hydrogen-bond donors (Lipinski definition) is 3. The monoisotopic (exact) mass is 312 g/mol. The Balaban J connectivity index is 2.03. The fraction of sp³-hybridized carbons (Fsp3) is 0.333. The summed E-state index contributed by atoms with van der Waals surface area (Å²) in [6, 6.07) is 4.63. The number of benzene rings is 1. The molecule has 1 aliphatic heterocycles. The SMILES string of the molecule is O=C(CC1CNC1)Nc1cc(Br)cc(C(=O)O)c1. The van der Waals surface area contributed by atoms with E-state index in [9.17, 15) is 9.59 Å². The van der Waals surface area contributed by atoms with Gasteiger partial charge >= 0.3 is 5.97 Å². The average Bonchev–Trinajstić information content (AvgIpc) is 2.22. The summed E-state index contributed by atoms with van der Waals surface area (Å²) in [5.74, 6) is -0.720. The predicted molar refractivity (Wildman–Crippen MR) is 70.7 cm³/mol. The number of hydrogen-bond acceptors (Lipinski definition) is 3. The molecule has 3 N–H and O–H groups in total. The number of carbonyl (C=O) groups excluding carboxylic acids is 1. The molecule has 1 amide bonds. The highest BCUT2D eigenvalue weighted by atomic mass is 79.9. The van der Waals surface area contributed by atoms with Crippen LogP contribution in [0.2, 0.25) is 0 Å². The number of carboxylic acids is 1. The van der Waals surface area contributed by atoms with Crippen LogP contribution >= 0.6 is 15.9 Å². The molecular formula is C12H13BrN2O3. The van der Waals surface area contributed by atoms with E-state index in [2.05, 4.69) is 26.6 Å². The highest BCUT2D eigenvalue weighted by Gasteiger charge is 2.20. The third kappa shape index (κ3) is 3.30. The fourth-order valence-corrected chi connectivity index (χ4v) is 2.25. The number of nitrogens with one attached hydrogen (secondary N) is 2. The van der Waals surface area contributed by atoms with E-state index in [-0.39, 0.29) is 11.5 Å². The minimum absolute atomic E-state index is 0.0871. The van der Waals surface area contributed by atoms with Gasteiger partial charge in [0.1, 0.15) is 0 Å². The first kappa shape index (κ1) is 13.0. The predicted octanol–water partition coefficient (Wildman–Crippen LogP) is 1.70. The standard InChI is InChI=1S/C12H13BrN2O3/c13-9-2-8(12(17)18)3-10(4-9)15-11(16)1-7-5-14-6-7/h2-4,7,14H,1,5-6H2,(H,15,16)(H,17,18). The number of rotatable bonds is 4. The topological polar surface area (TPSA) is 78.4 Å². The highest BCUT2D eigenvalue weighted by molar-refractivity contribution is 9.10. The first-order valence-corrected chi connectivity index (χ1v) is 6.38. The van der Waals surface area contributed by atoms with Crippen molar-refractivity contribution in [2.75, 3.05) is 18.4 Å². The minimum Gasteiger partial charge on any atom is -0.478 e. The molecule has 96 valence electrons. The molecule has 0 bridgehead atoms. The molecule has 0 aliphatic carbocycles. The van der Waals surface area contributed by atoms with Crippen LogP contribution in [0.4, 0.5) is 5.69 Å². The van der Waals surface area contributed by atoms with Gasteiger partial charge < -0.3 is 15.7 Å². The molecule has 0 atom stereocenters. The lowest BCUT2D eigenvalue weighted by Crippen LogP contribution is -2.43. The molecule has 1 saturated heterocycles. The molecule has 1 aromatic rings. The van der Waals surface area contributed by atoms with Crippen molar-refractivity contribution in [3.8, 4) is 0 Å². The van der Waals surface area contributed by atoms with Gasteiger partial charge in [-0.05, 0) is 37.2 Å². The highest BCUT2D eigenvalue weighted by Crippen LogP contribution is 2.20. The van der Waals surface area contributed by atoms with Gasteiger partial charge in [0.25, 0.3) is 0 Å². The molecule has 5 nitrogen and oxygen atoms in total. The van der Waals surface area contributed by atoms with Crippen molar-refractivity contribution in [1.29, 1.82) is 0 Å². The van der Waals surface area contributed by atoms with E-state index in [0.717, 1.165) is 13.1 Å². The Hall–Kier alpha value is -1.40. The van der Waals surface area contributed by atoms with E-state index in [1.807, 2.05) is 0 Å². The quantitative estimate of drug-likeness (QED) is 0.790. The summed E-state index contributed by atoms with van der Waals surface area (Å²) in [5, 5.41) is 14.7. The van der Waals surface area contributed by atoms with Crippen LogP contribution in [0.1, 0.15) is 16.8 Å².